The molecule has 0 amide bonds. The molecule has 21 heteroatoms. The highest BCUT2D eigenvalue weighted by Crippen LogP contribution is 2.66. The molecule has 0 spiro atoms. The van der Waals surface area contributed by atoms with E-state index in [9.17, 15) is 37.7 Å². The third-order valence-corrected chi connectivity index (χ3v) is 8.42. The zero-order valence-electron chi connectivity index (χ0n) is 15.6. The largest absolute Gasteiger partial charge is 0.490 e. The molecule has 0 aliphatic carbocycles. The maximum atomic E-state index is 13.7. The van der Waals surface area contributed by atoms with Crippen LogP contribution in [0.3, 0.4) is 0 Å². The molecule has 0 aromatic carbocycles. The van der Waals surface area contributed by atoms with Crippen LogP contribution in [0.5, 0.6) is 0 Å². The van der Waals surface area contributed by atoms with Crippen molar-refractivity contribution < 1.29 is 60.6 Å². The maximum absolute atomic E-state index is 13.7. The molecule has 2 rings (SSSR count). The number of phosphoric ester groups is 1. The van der Waals surface area contributed by atoms with Crippen LogP contribution >= 0.6 is 35.1 Å². The van der Waals surface area contributed by atoms with Crippen LogP contribution in [-0.2, 0) is 31.6 Å². The van der Waals surface area contributed by atoms with Crippen molar-refractivity contribution >= 4 is 35.1 Å². The molecule has 1 aliphatic rings. The number of nitrogens with zero attached hydrogens (tertiary/aromatic N) is 1. The highest BCUT2D eigenvalue weighted by atomic mass is 35.5. The molecule has 3 unspecified atom stereocenters. The Bertz CT molecular complexity index is 1110. The molecule has 32 heavy (non-hydrogen) atoms. The normalized spacial score (nSPS) is 31.1. The number of halogens is 2. The molecule has 184 valence electrons. The quantitative estimate of drug-likeness (QED) is 0.168. The van der Waals surface area contributed by atoms with Gasteiger partial charge in [-0.25, -0.2) is 22.9 Å². The first-order valence-electron chi connectivity index (χ1n) is 8.13. The van der Waals surface area contributed by atoms with Crippen LogP contribution in [0.4, 0.5) is 4.39 Å². The fraction of sp³-hybridized carbons (Fsp3) is 0.636. The molecular weight excluding hydrogens is 531 g/mol. The van der Waals surface area contributed by atoms with Gasteiger partial charge in [-0.2, -0.15) is 8.62 Å². The Labute approximate surface area is 181 Å². The number of aromatic amines is 1. The molecule has 2 heterocycles. The molecule has 1 fully saturated rings. The zero-order chi connectivity index (χ0) is 24.7. The summed E-state index contributed by atoms with van der Waals surface area (Å²) >= 11 is 6.10. The predicted octanol–water partition coefficient (Wildman–Crippen LogP) is -0.526. The summed E-state index contributed by atoms with van der Waals surface area (Å²) in [6.07, 6.45) is -6.40. The second-order valence-corrected chi connectivity index (χ2v) is 11.5. The van der Waals surface area contributed by atoms with Gasteiger partial charge in [0, 0.05) is 12.3 Å². The molecule has 6 N–H and O–H groups in total. The Morgan fingerprint density at radius 3 is 2.34 bits per heavy atom. The molecular formula is C11H17ClFN2O14P3. The number of hydrogen-bond donors (Lipinski definition) is 6. The minimum Gasteiger partial charge on any atom is -0.388 e. The van der Waals surface area contributed by atoms with E-state index in [1.807, 2.05) is 4.98 Å². The fourth-order valence-electron chi connectivity index (χ4n) is 2.75. The van der Waals surface area contributed by atoms with Gasteiger partial charge in [0.25, 0.3) is 5.56 Å². The zero-order valence-corrected chi connectivity index (χ0v) is 19.1. The first-order valence-corrected chi connectivity index (χ1v) is 13.0. The number of aliphatic hydroxyl groups excluding tert-OH is 1. The lowest BCUT2D eigenvalue weighted by atomic mass is 9.97. The molecule has 1 aromatic rings. The minimum atomic E-state index is -5.81. The van der Waals surface area contributed by atoms with Crippen LogP contribution in [0.2, 0.25) is 0 Å². The summed E-state index contributed by atoms with van der Waals surface area (Å²) in [7, 11) is -17.0. The second kappa shape index (κ2) is 9.47. The van der Waals surface area contributed by atoms with Crippen LogP contribution in [0.15, 0.2) is 21.9 Å². The topological polar surface area (TPSA) is 244 Å². The third kappa shape index (κ3) is 6.42. The van der Waals surface area contributed by atoms with Crippen molar-refractivity contribution in [2.75, 3.05) is 6.67 Å². The van der Waals surface area contributed by atoms with Gasteiger partial charge in [-0.15, -0.1) is 11.6 Å². The Morgan fingerprint density at radius 2 is 1.84 bits per heavy atom. The van der Waals surface area contributed by atoms with Crippen molar-refractivity contribution in [3.63, 3.8) is 0 Å². The van der Waals surface area contributed by atoms with Crippen LogP contribution in [0.1, 0.15) is 13.2 Å². The van der Waals surface area contributed by atoms with Gasteiger partial charge < -0.3 is 29.4 Å². The monoisotopic (exact) mass is 548 g/mol. The summed E-state index contributed by atoms with van der Waals surface area (Å²) in [6.45, 7) is -0.537. The summed E-state index contributed by atoms with van der Waals surface area (Å²) in [5.41, 5.74) is -1.89. The van der Waals surface area contributed by atoms with Crippen LogP contribution in [0.25, 0.3) is 0 Å². The van der Waals surface area contributed by atoms with Gasteiger partial charge in [0.05, 0.1) is 6.10 Å². The summed E-state index contributed by atoms with van der Waals surface area (Å²) in [5.74, 6) is 0. The number of H-pyrrole nitrogens is 1. The van der Waals surface area contributed by atoms with E-state index >= 15 is 0 Å². The van der Waals surface area contributed by atoms with E-state index in [1.165, 1.54) is 0 Å². The van der Waals surface area contributed by atoms with Crippen molar-refractivity contribution in [1.29, 1.82) is 0 Å². The molecule has 1 aromatic heterocycles. The molecule has 0 bridgehead atoms. The van der Waals surface area contributed by atoms with E-state index in [1.54, 1.807) is 0 Å². The highest BCUT2D eigenvalue weighted by molar-refractivity contribution is 7.66. The van der Waals surface area contributed by atoms with E-state index in [0.717, 1.165) is 19.2 Å². The third-order valence-electron chi connectivity index (χ3n) is 3.99. The van der Waals surface area contributed by atoms with E-state index in [2.05, 4.69) is 13.1 Å². The van der Waals surface area contributed by atoms with Gasteiger partial charge in [0.15, 0.2) is 6.23 Å². The average molecular weight is 549 g/mol. The summed E-state index contributed by atoms with van der Waals surface area (Å²) in [4.78, 5) is 58.5. The van der Waals surface area contributed by atoms with Crippen molar-refractivity contribution in [3.8, 4) is 0 Å². The molecule has 0 radical (unpaired) electrons. The fourth-order valence-corrected chi connectivity index (χ4v) is 6.23. The van der Waals surface area contributed by atoms with Gasteiger partial charge in [-0.1, -0.05) is 0 Å². The van der Waals surface area contributed by atoms with E-state index < -0.39 is 70.8 Å². The highest BCUT2D eigenvalue weighted by Gasteiger charge is 2.59. The lowest BCUT2D eigenvalue weighted by Gasteiger charge is -2.28. The number of alkyl halides is 2. The number of phosphoric acid groups is 3. The van der Waals surface area contributed by atoms with E-state index in [-0.39, 0.29) is 0 Å². The first-order chi connectivity index (χ1) is 14.4. The number of hydrogen-bond acceptors (Lipinski definition) is 10. The minimum absolute atomic E-state index is 0.634. The molecule has 0 saturated carbocycles. The lowest BCUT2D eigenvalue weighted by molar-refractivity contribution is -0.0755. The van der Waals surface area contributed by atoms with Crippen molar-refractivity contribution in [2.45, 2.75) is 36.3 Å². The van der Waals surface area contributed by atoms with Gasteiger partial charge >= 0.3 is 29.2 Å². The number of rotatable bonds is 9. The summed E-state index contributed by atoms with van der Waals surface area (Å²) in [5, 5.41) is 10.4. The predicted molar refractivity (Wildman–Crippen MR) is 100 cm³/mol. The number of aliphatic hydroxyl groups is 1. The van der Waals surface area contributed by atoms with Crippen molar-refractivity contribution in [1.82, 2.24) is 9.55 Å². The SMILES string of the molecule is C[C@@H](OP(=O)(O)OP(=O)(O)OP(=O)(O)O)[C@H]1O[C@@H](n2ccc(=O)[nH]c2=O)[C@@](Cl)(CF)C1O. The Balaban J connectivity index is 2.26. The number of aromatic nitrogens is 2. The van der Waals surface area contributed by atoms with Gasteiger partial charge in [0.1, 0.15) is 23.8 Å². The molecule has 1 saturated heterocycles. The second-order valence-electron chi connectivity index (χ2n) is 6.38. The van der Waals surface area contributed by atoms with Gasteiger partial charge in [0.2, 0.25) is 0 Å². The Kier molecular flexibility index (Phi) is 8.13. The standard InChI is InChI=1S/C11H17ClFN2O14P3/c1-5(27-31(22,23)29-32(24,25)28-30(19,20)21)7-8(17)11(12,4-13)9(26-7)15-3-2-6(16)14-10(15)18/h2-3,5,7-9,17H,4H2,1H3,(H,22,23)(H,24,25)(H,14,16,18)(H2,19,20,21)/t5-,7-,8?,9-,11-/m1/s1. The van der Waals surface area contributed by atoms with Crippen molar-refractivity contribution in [2.24, 2.45) is 0 Å². The van der Waals surface area contributed by atoms with Crippen molar-refractivity contribution in [3.05, 3.63) is 33.1 Å². The Morgan fingerprint density at radius 1 is 1.25 bits per heavy atom. The first kappa shape index (κ1) is 27.5. The molecule has 16 nitrogen and oxygen atoms in total. The van der Waals surface area contributed by atoms with Gasteiger partial charge in [-0.3, -0.25) is 18.9 Å². The van der Waals surface area contributed by atoms with Crippen LogP contribution in [-0.4, -0.2) is 64.1 Å². The lowest BCUT2D eigenvalue weighted by Crippen LogP contribution is -2.47. The summed E-state index contributed by atoms with van der Waals surface area (Å²) < 4.78 is 65.4. The number of nitrogens with one attached hydrogen (secondary N) is 1. The smallest absolute Gasteiger partial charge is 0.388 e. The van der Waals surface area contributed by atoms with E-state index in [4.69, 9.17) is 31.0 Å². The Hall–Kier alpha value is -0.770. The molecule has 1 aliphatic heterocycles. The number of ether oxygens (including phenoxy) is 1. The van der Waals surface area contributed by atoms with Crippen LogP contribution in [0, 0.1) is 0 Å². The average Bonchev–Trinajstić information content (AvgIpc) is 2.84. The maximum Gasteiger partial charge on any atom is 0.490 e. The van der Waals surface area contributed by atoms with E-state index in [0.29, 0.717) is 4.57 Å². The molecule has 7 atom stereocenters. The summed E-state index contributed by atoms with van der Waals surface area (Å²) in [6, 6.07) is 0.871. The van der Waals surface area contributed by atoms with Gasteiger partial charge in [-0.05, 0) is 6.92 Å². The van der Waals surface area contributed by atoms with Crippen LogP contribution < -0.4 is 11.2 Å².